The molecule has 1 N–H and O–H groups in total. The number of hydrogen-bond acceptors (Lipinski definition) is 2. The predicted octanol–water partition coefficient (Wildman–Crippen LogP) is 5.90. The summed E-state index contributed by atoms with van der Waals surface area (Å²) in [5, 5.41) is 3.04. The Labute approximate surface area is 163 Å². The highest BCUT2D eigenvalue weighted by Crippen LogP contribution is 2.30. The zero-order chi connectivity index (χ0) is 19.4. The van der Waals surface area contributed by atoms with Crippen LogP contribution in [-0.4, -0.2) is 12.5 Å². The summed E-state index contributed by atoms with van der Waals surface area (Å²) in [5.41, 5.74) is 5.43. The molecule has 0 radical (unpaired) electrons. The van der Waals surface area contributed by atoms with E-state index in [0.717, 1.165) is 18.5 Å². The predicted molar refractivity (Wildman–Crippen MR) is 112 cm³/mol. The Morgan fingerprint density at radius 2 is 1.63 bits per heavy atom. The molecule has 0 heterocycles. The van der Waals surface area contributed by atoms with Gasteiger partial charge in [-0.3, -0.25) is 4.79 Å². The lowest BCUT2D eigenvalue weighted by Gasteiger charge is -2.19. The molecule has 0 unspecified atom stereocenters. The summed E-state index contributed by atoms with van der Waals surface area (Å²) in [7, 11) is 0. The molecule has 3 heteroatoms. The van der Waals surface area contributed by atoms with Gasteiger partial charge in [0.25, 0.3) is 5.91 Å². The first-order valence-electron chi connectivity index (χ1n) is 10.1. The smallest absolute Gasteiger partial charge is 0.259 e. The van der Waals surface area contributed by atoms with Crippen LogP contribution in [0.3, 0.4) is 0 Å². The van der Waals surface area contributed by atoms with Gasteiger partial charge in [0.15, 0.2) is 0 Å². The molecular formula is C24H31NO2. The van der Waals surface area contributed by atoms with Crippen molar-refractivity contribution in [1.82, 2.24) is 0 Å². The van der Waals surface area contributed by atoms with Gasteiger partial charge in [0.2, 0.25) is 0 Å². The minimum absolute atomic E-state index is 0.0989. The van der Waals surface area contributed by atoms with Gasteiger partial charge in [-0.15, -0.1) is 0 Å². The van der Waals surface area contributed by atoms with Crippen LogP contribution in [-0.2, 0) is 18.3 Å². The lowest BCUT2D eigenvalue weighted by molar-refractivity contribution is 0.102. The molecule has 0 bridgehead atoms. The van der Waals surface area contributed by atoms with Gasteiger partial charge in [-0.2, -0.15) is 0 Å². The Morgan fingerprint density at radius 3 is 2.22 bits per heavy atom. The average molecular weight is 366 g/mol. The maximum atomic E-state index is 13.0. The molecule has 27 heavy (non-hydrogen) atoms. The third-order valence-corrected chi connectivity index (χ3v) is 5.25. The summed E-state index contributed by atoms with van der Waals surface area (Å²) in [5.74, 6) is 0.593. The lowest BCUT2D eigenvalue weighted by atomic mass is 9.87. The molecule has 0 saturated heterocycles. The van der Waals surface area contributed by atoms with E-state index in [-0.39, 0.29) is 11.3 Å². The van der Waals surface area contributed by atoms with Crippen molar-refractivity contribution in [3.63, 3.8) is 0 Å². The van der Waals surface area contributed by atoms with Crippen molar-refractivity contribution < 1.29 is 9.53 Å². The van der Waals surface area contributed by atoms with E-state index >= 15 is 0 Å². The van der Waals surface area contributed by atoms with Crippen LogP contribution in [0.4, 0.5) is 5.69 Å². The number of benzene rings is 2. The van der Waals surface area contributed by atoms with Crippen LogP contribution in [0.5, 0.6) is 5.75 Å². The number of ether oxygens (including phenoxy) is 1. The number of anilines is 1. The number of aryl methyl sites for hydroxylation is 2. The van der Waals surface area contributed by atoms with Gasteiger partial charge in [0.1, 0.15) is 5.75 Å². The Bertz CT molecular complexity index is 800. The summed E-state index contributed by atoms with van der Waals surface area (Å²) in [6.45, 7) is 9.07. The number of rotatable bonds is 4. The van der Waals surface area contributed by atoms with Crippen molar-refractivity contribution in [2.75, 3.05) is 11.9 Å². The third kappa shape index (κ3) is 4.71. The van der Waals surface area contributed by atoms with Gasteiger partial charge in [0.05, 0.1) is 12.2 Å². The second kappa shape index (κ2) is 8.16. The van der Waals surface area contributed by atoms with E-state index in [0.29, 0.717) is 17.9 Å². The second-order valence-electron chi connectivity index (χ2n) is 8.39. The van der Waals surface area contributed by atoms with E-state index in [2.05, 4.69) is 44.3 Å². The summed E-state index contributed by atoms with van der Waals surface area (Å²) < 4.78 is 5.81. The summed E-state index contributed by atoms with van der Waals surface area (Å²) in [6, 6.07) is 12.2. The van der Waals surface area contributed by atoms with Crippen LogP contribution in [0.25, 0.3) is 0 Å². The van der Waals surface area contributed by atoms with Gasteiger partial charge in [-0.1, -0.05) is 39.3 Å². The van der Waals surface area contributed by atoms with Crippen LogP contribution in [0.2, 0.25) is 0 Å². The number of carbonyl (C=O) groups excluding carboxylic acids is 1. The molecule has 0 aromatic heterocycles. The molecule has 1 aliphatic rings. The molecule has 2 aromatic carbocycles. The minimum atomic E-state index is -0.103. The van der Waals surface area contributed by atoms with E-state index in [1.807, 2.05) is 25.1 Å². The van der Waals surface area contributed by atoms with Gasteiger partial charge < -0.3 is 10.1 Å². The Balaban J connectivity index is 1.86. The molecule has 0 aliphatic heterocycles. The standard InChI is InChI=1S/C24H31NO2/c1-5-27-22-16-18-10-8-6-7-9-17(18)15-21(22)23(26)25-20-13-11-19(12-14-20)24(2,3)4/h11-16H,5-10H2,1-4H3,(H,25,26). The largest absolute Gasteiger partial charge is 0.493 e. The molecule has 1 aliphatic carbocycles. The van der Waals surface area contributed by atoms with E-state index in [9.17, 15) is 4.79 Å². The van der Waals surface area contributed by atoms with E-state index < -0.39 is 0 Å². The number of hydrogen-bond donors (Lipinski definition) is 1. The fourth-order valence-electron chi connectivity index (χ4n) is 3.64. The molecule has 2 aromatic rings. The van der Waals surface area contributed by atoms with Crippen molar-refractivity contribution in [2.24, 2.45) is 0 Å². The Hall–Kier alpha value is -2.29. The van der Waals surface area contributed by atoms with Gasteiger partial charge >= 0.3 is 0 Å². The molecule has 0 saturated carbocycles. The average Bonchev–Trinajstić information content (AvgIpc) is 2.86. The van der Waals surface area contributed by atoms with Crippen LogP contribution >= 0.6 is 0 Å². The number of fused-ring (bicyclic) bond motifs is 1. The number of amides is 1. The van der Waals surface area contributed by atoms with Crippen LogP contribution < -0.4 is 10.1 Å². The van der Waals surface area contributed by atoms with Crippen molar-refractivity contribution >= 4 is 11.6 Å². The van der Waals surface area contributed by atoms with Crippen LogP contribution in [0.15, 0.2) is 36.4 Å². The fraction of sp³-hybridized carbons (Fsp3) is 0.458. The Morgan fingerprint density at radius 1 is 1.00 bits per heavy atom. The van der Waals surface area contributed by atoms with Crippen LogP contribution in [0.1, 0.15) is 74.0 Å². The fourth-order valence-corrected chi connectivity index (χ4v) is 3.64. The normalized spacial score (nSPS) is 14.2. The molecular weight excluding hydrogens is 334 g/mol. The number of nitrogens with one attached hydrogen (secondary N) is 1. The maximum Gasteiger partial charge on any atom is 0.259 e. The first-order chi connectivity index (χ1) is 12.9. The second-order valence-corrected chi connectivity index (χ2v) is 8.39. The summed E-state index contributed by atoms with van der Waals surface area (Å²) in [6.07, 6.45) is 5.77. The zero-order valence-electron chi connectivity index (χ0n) is 17.0. The van der Waals surface area contributed by atoms with Gasteiger partial charge in [0, 0.05) is 5.69 Å². The lowest BCUT2D eigenvalue weighted by Crippen LogP contribution is -2.15. The van der Waals surface area contributed by atoms with E-state index in [4.69, 9.17) is 4.74 Å². The van der Waals surface area contributed by atoms with E-state index in [1.54, 1.807) is 0 Å². The summed E-state index contributed by atoms with van der Waals surface area (Å²) >= 11 is 0. The SMILES string of the molecule is CCOc1cc2c(cc1C(=O)Nc1ccc(C(C)(C)C)cc1)CCCCC2. The monoisotopic (exact) mass is 365 g/mol. The van der Waals surface area contributed by atoms with Crippen molar-refractivity contribution in [2.45, 2.75) is 65.2 Å². The molecule has 3 rings (SSSR count). The van der Waals surface area contributed by atoms with Crippen molar-refractivity contribution in [1.29, 1.82) is 0 Å². The van der Waals surface area contributed by atoms with Gasteiger partial charge in [-0.05, 0) is 79.0 Å². The summed E-state index contributed by atoms with van der Waals surface area (Å²) in [4.78, 5) is 13.0. The first-order valence-corrected chi connectivity index (χ1v) is 10.1. The minimum Gasteiger partial charge on any atom is -0.493 e. The first kappa shape index (κ1) is 19.5. The quantitative estimate of drug-likeness (QED) is 0.685. The highest BCUT2D eigenvalue weighted by Gasteiger charge is 2.19. The van der Waals surface area contributed by atoms with Gasteiger partial charge in [-0.25, -0.2) is 0 Å². The molecule has 3 nitrogen and oxygen atoms in total. The van der Waals surface area contributed by atoms with Crippen molar-refractivity contribution in [3.05, 3.63) is 58.7 Å². The van der Waals surface area contributed by atoms with Crippen molar-refractivity contribution in [3.8, 4) is 5.75 Å². The third-order valence-electron chi connectivity index (χ3n) is 5.25. The highest BCUT2D eigenvalue weighted by molar-refractivity contribution is 6.06. The highest BCUT2D eigenvalue weighted by atomic mass is 16.5. The maximum absolute atomic E-state index is 13.0. The molecule has 144 valence electrons. The zero-order valence-corrected chi connectivity index (χ0v) is 17.0. The number of carbonyl (C=O) groups is 1. The topological polar surface area (TPSA) is 38.3 Å². The van der Waals surface area contributed by atoms with E-state index in [1.165, 1.54) is 36.0 Å². The molecule has 0 spiro atoms. The molecule has 0 fully saturated rings. The Kier molecular flexibility index (Phi) is 5.88. The van der Waals surface area contributed by atoms with Crippen LogP contribution in [0, 0.1) is 0 Å². The molecule has 0 atom stereocenters. The molecule has 1 amide bonds.